The summed E-state index contributed by atoms with van der Waals surface area (Å²) in [6.45, 7) is 0.485. The number of hydrogen-bond donors (Lipinski definition) is 1. The molecule has 20 heavy (non-hydrogen) atoms. The van der Waals surface area contributed by atoms with Gasteiger partial charge in [-0.1, -0.05) is 36.4 Å². The van der Waals surface area contributed by atoms with Crippen molar-refractivity contribution in [1.29, 1.82) is 0 Å². The Morgan fingerprint density at radius 1 is 1.00 bits per heavy atom. The molecule has 1 aliphatic rings. The molecule has 2 aromatic rings. The third-order valence-corrected chi connectivity index (χ3v) is 3.21. The van der Waals surface area contributed by atoms with Gasteiger partial charge in [-0.2, -0.15) is 0 Å². The molecule has 1 fully saturated rings. The van der Waals surface area contributed by atoms with Gasteiger partial charge in [-0.25, -0.2) is 4.79 Å². The van der Waals surface area contributed by atoms with E-state index in [2.05, 4.69) is 5.32 Å². The van der Waals surface area contributed by atoms with E-state index in [0.29, 0.717) is 13.0 Å². The SMILES string of the molecule is O=C1OCCC1=Cc1ccccc1Nc1ccccc1. The molecular formula is C17H15NO2. The van der Waals surface area contributed by atoms with Gasteiger partial charge < -0.3 is 10.1 Å². The summed E-state index contributed by atoms with van der Waals surface area (Å²) in [7, 11) is 0. The number of carbonyl (C=O) groups is 1. The quantitative estimate of drug-likeness (QED) is 0.678. The molecule has 1 heterocycles. The second-order valence-corrected chi connectivity index (χ2v) is 4.63. The highest BCUT2D eigenvalue weighted by atomic mass is 16.5. The van der Waals surface area contributed by atoms with E-state index in [1.165, 1.54) is 0 Å². The molecule has 0 aliphatic carbocycles. The highest BCUT2D eigenvalue weighted by molar-refractivity contribution is 5.96. The van der Waals surface area contributed by atoms with Crippen LogP contribution in [0.15, 0.2) is 60.2 Å². The minimum Gasteiger partial charge on any atom is -0.462 e. The average Bonchev–Trinajstić information content (AvgIpc) is 2.88. The zero-order valence-electron chi connectivity index (χ0n) is 11.0. The van der Waals surface area contributed by atoms with E-state index in [-0.39, 0.29) is 5.97 Å². The summed E-state index contributed by atoms with van der Waals surface area (Å²) in [5.74, 6) is -0.209. The van der Waals surface area contributed by atoms with Gasteiger partial charge >= 0.3 is 5.97 Å². The normalized spacial score (nSPS) is 16.2. The first-order valence-electron chi connectivity index (χ1n) is 6.62. The molecule has 100 valence electrons. The highest BCUT2D eigenvalue weighted by Gasteiger charge is 2.18. The summed E-state index contributed by atoms with van der Waals surface area (Å²) in [5.41, 5.74) is 3.72. The summed E-state index contributed by atoms with van der Waals surface area (Å²) in [4.78, 5) is 11.5. The van der Waals surface area contributed by atoms with Crippen molar-refractivity contribution in [3.05, 3.63) is 65.7 Å². The lowest BCUT2D eigenvalue weighted by Gasteiger charge is -2.09. The molecule has 3 rings (SSSR count). The number of hydrogen-bond acceptors (Lipinski definition) is 3. The maximum absolute atomic E-state index is 11.5. The number of carbonyl (C=O) groups excluding carboxylic acids is 1. The lowest BCUT2D eigenvalue weighted by molar-refractivity contribution is -0.134. The summed E-state index contributed by atoms with van der Waals surface area (Å²) >= 11 is 0. The molecule has 1 saturated heterocycles. The molecular weight excluding hydrogens is 250 g/mol. The number of para-hydroxylation sites is 2. The van der Waals surface area contributed by atoms with Crippen LogP contribution in [-0.2, 0) is 9.53 Å². The van der Waals surface area contributed by atoms with Gasteiger partial charge in [0.1, 0.15) is 0 Å². The Kier molecular flexibility index (Phi) is 3.50. The van der Waals surface area contributed by atoms with E-state index in [1.807, 2.05) is 60.7 Å². The Morgan fingerprint density at radius 3 is 2.50 bits per heavy atom. The van der Waals surface area contributed by atoms with Crippen LogP contribution in [0.2, 0.25) is 0 Å². The summed E-state index contributed by atoms with van der Waals surface area (Å²) in [5, 5.41) is 3.36. The fraction of sp³-hybridized carbons (Fsp3) is 0.118. The van der Waals surface area contributed by atoms with Crippen LogP contribution in [0.3, 0.4) is 0 Å². The van der Waals surface area contributed by atoms with Gasteiger partial charge in [0.2, 0.25) is 0 Å². The fourth-order valence-corrected chi connectivity index (χ4v) is 2.18. The minimum absolute atomic E-state index is 0.209. The molecule has 3 heteroatoms. The maximum atomic E-state index is 11.5. The first kappa shape index (κ1) is 12.5. The third kappa shape index (κ3) is 2.72. The van der Waals surface area contributed by atoms with Crippen LogP contribution in [0.5, 0.6) is 0 Å². The van der Waals surface area contributed by atoms with Crippen LogP contribution in [0.1, 0.15) is 12.0 Å². The largest absolute Gasteiger partial charge is 0.462 e. The Hall–Kier alpha value is -2.55. The van der Waals surface area contributed by atoms with Crippen molar-refractivity contribution >= 4 is 23.4 Å². The van der Waals surface area contributed by atoms with Crippen molar-refractivity contribution in [1.82, 2.24) is 0 Å². The van der Waals surface area contributed by atoms with Crippen molar-refractivity contribution in [3.63, 3.8) is 0 Å². The Bertz CT molecular complexity index is 647. The van der Waals surface area contributed by atoms with Crippen LogP contribution in [0, 0.1) is 0 Å². The Balaban J connectivity index is 1.91. The molecule has 2 aromatic carbocycles. The van der Waals surface area contributed by atoms with Gasteiger partial charge in [-0.05, 0) is 29.8 Å². The molecule has 0 unspecified atom stereocenters. The topological polar surface area (TPSA) is 38.3 Å². The summed E-state index contributed by atoms with van der Waals surface area (Å²) in [6.07, 6.45) is 2.58. The number of anilines is 2. The summed E-state index contributed by atoms with van der Waals surface area (Å²) < 4.78 is 4.97. The van der Waals surface area contributed by atoms with Crippen LogP contribution in [-0.4, -0.2) is 12.6 Å². The van der Waals surface area contributed by atoms with Gasteiger partial charge in [0.15, 0.2) is 0 Å². The first-order valence-corrected chi connectivity index (χ1v) is 6.62. The molecule has 1 N–H and O–H groups in total. The minimum atomic E-state index is -0.209. The Morgan fingerprint density at radius 2 is 1.75 bits per heavy atom. The molecule has 0 atom stereocenters. The predicted octanol–water partition coefficient (Wildman–Crippen LogP) is 3.76. The zero-order valence-corrected chi connectivity index (χ0v) is 11.0. The van der Waals surface area contributed by atoms with Gasteiger partial charge in [0.25, 0.3) is 0 Å². The van der Waals surface area contributed by atoms with Crippen LogP contribution < -0.4 is 5.32 Å². The zero-order chi connectivity index (χ0) is 13.8. The Labute approximate surface area is 117 Å². The van der Waals surface area contributed by atoms with E-state index in [4.69, 9.17) is 4.74 Å². The third-order valence-electron chi connectivity index (χ3n) is 3.21. The van der Waals surface area contributed by atoms with Crippen molar-refractivity contribution in [2.45, 2.75) is 6.42 Å². The van der Waals surface area contributed by atoms with Crippen LogP contribution >= 0.6 is 0 Å². The predicted molar refractivity (Wildman–Crippen MR) is 79.7 cm³/mol. The highest BCUT2D eigenvalue weighted by Crippen LogP contribution is 2.25. The molecule has 1 aliphatic heterocycles. The van der Waals surface area contributed by atoms with E-state index in [9.17, 15) is 4.79 Å². The maximum Gasteiger partial charge on any atom is 0.334 e. The number of cyclic esters (lactones) is 1. The van der Waals surface area contributed by atoms with Crippen molar-refractivity contribution in [2.24, 2.45) is 0 Å². The number of esters is 1. The summed E-state index contributed by atoms with van der Waals surface area (Å²) in [6, 6.07) is 17.9. The molecule has 0 aromatic heterocycles. The van der Waals surface area contributed by atoms with Crippen LogP contribution in [0.25, 0.3) is 6.08 Å². The molecule has 0 bridgehead atoms. The second kappa shape index (κ2) is 5.61. The van der Waals surface area contributed by atoms with E-state index < -0.39 is 0 Å². The van der Waals surface area contributed by atoms with Crippen molar-refractivity contribution in [2.75, 3.05) is 11.9 Å². The van der Waals surface area contributed by atoms with E-state index >= 15 is 0 Å². The van der Waals surface area contributed by atoms with Gasteiger partial charge in [-0.15, -0.1) is 0 Å². The van der Waals surface area contributed by atoms with Gasteiger partial charge in [0, 0.05) is 23.4 Å². The fourth-order valence-electron chi connectivity index (χ4n) is 2.18. The lowest BCUT2D eigenvalue weighted by atomic mass is 10.1. The van der Waals surface area contributed by atoms with Gasteiger partial charge in [-0.3, -0.25) is 0 Å². The lowest BCUT2D eigenvalue weighted by Crippen LogP contribution is -1.96. The van der Waals surface area contributed by atoms with Crippen molar-refractivity contribution < 1.29 is 9.53 Å². The molecule has 0 spiro atoms. The van der Waals surface area contributed by atoms with E-state index in [0.717, 1.165) is 22.5 Å². The molecule has 0 amide bonds. The number of rotatable bonds is 3. The number of benzene rings is 2. The van der Waals surface area contributed by atoms with Crippen LogP contribution in [0.4, 0.5) is 11.4 Å². The standard InChI is InChI=1S/C17H15NO2/c19-17-14(10-11-20-17)12-13-6-4-5-9-16(13)18-15-7-2-1-3-8-15/h1-9,12,18H,10-11H2. The first-order chi connectivity index (χ1) is 9.83. The molecule has 0 radical (unpaired) electrons. The van der Waals surface area contributed by atoms with Crippen molar-refractivity contribution in [3.8, 4) is 0 Å². The van der Waals surface area contributed by atoms with E-state index in [1.54, 1.807) is 0 Å². The van der Waals surface area contributed by atoms with Gasteiger partial charge in [0.05, 0.1) is 6.61 Å². The smallest absolute Gasteiger partial charge is 0.334 e. The monoisotopic (exact) mass is 265 g/mol. The number of ether oxygens (including phenoxy) is 1. The second-order valence-electron chi connectivity index (χ2n) is 4.63. The number of nitrogens with one attached hydrogen (secondary N) is 1. The molecule has 3 nitrogen and oxygen atoms in total. The molecule has 0 saturated carbocycles. The average molecular weight is 265 g/mol.